The maximum absolute atomic E-state index is 11.9. The lowest BCUT2D eigenvalue weighted by atomic mass is 10.2. The van der Waals surface area contributed by atoms with Crippen LogP contribution in [0.2, 0.25) is 0 Å². The molecule has 0 bridgehead atoms. The molecule has 0 amide bonds. The molecule has 0 aliphatic carbocycles. The third kappa shape index (κ3) is 4.50. The molecule has 0 saturated heterocycles. The van der Waals surface area contributed by atoms with E-state index >= 15 is 0 Å². The van der Waals surface area contributed by atoms with Crippen molar-refractivity contribution in [3.05, 3.63) is 67.8 Å². The van der Waals surface area contributed by atoms with E-state index in [-0.39, 0.29) is 28.8 Å². The van der Waals surface area contributed by atoms with E-state index in [1.165, 1.54) is 0 Å². The first kappa shape index (κ1) is 20.1. The van der Waals surface area contributed by atoms with Crippen LogP contribution < -0.4 is 9.47 Å². The minimum Gasteiger partial charge on any atom is -0.418 e. The van der Waals surface area contributed by atoms with Gasteiger partial charge in [0.15, 0.2) is 6.29 Å². The third-order valence-electron chi connectivity index (χ3n) is 3.33. The third-order valence-corrected chi connectivity index (χ3v) is 3.33. The summed E-state index contributed by atoms with van der Waals surface area (Å²) in [5.74, 6) is -3.82. The number of aliphatic hydroxyl groups excluding tert-OH is 1. The summed E-state index contributed by atoms with van der Waals surface area (Å²) in [6, 6.07) is 5.72. The van der Waals surface area contributed by atoms with Gasteiger partial charge in [0, 0.05) is 29.8 Å². The van der Waals surface area contributed by atoms with Gasteiger partial charge in [0.05, 0.1) is 22.0 Å². The van der Waals surface area contributed by atoms with Gasteiger partial charge in [0.1, 0.15) is 11.5 Å². The largest absolute Gasteiger partial charge is 0.423 e. The van der Waals surface area contributed by atoms with Gasteiger partial charge in [-0.25, -0.2) is 9.59 Å². The number of hydrogen-bond donors (Lipinski definition) is 1. The highest BCUT2D eigenvalue weighted by Crippen LogP contribution is 2.25. The molecule has 144 valence electrons. The number of nitrogens with zero attached hydrogens (tertiary/aromatic N) is 2. The molecule has 2 aromatic carbocycles. The number of nitro groups is 2. The summed E-state index contributed by atoms with van der Waals surface area (Å²) < 4.78 is 9.45. The van der Waals surface area contributed by atoms with E-state index in [9.17, 15) is 39.7 Å². The Bertz CT molecular complexity index is 985. The first-order valence-electron chi connectivity index (χ1n) is 7.32. The molecule has 1 N–H and O–H groups in total. The van der Waals surface area contributed by atoms with Crippen LogP contribution in [0.5, 0.6) is 11.5 Å². The van der Waals surface area contributed by atoms with E-state index < -0.39 is 39.8 Å². The smallest absolute Gasteiger partial charge is 0.418 e. The minimum atomic E-state index is -1.56. The molecule has 0 aromatic heterocycles. The Morgan fingerprint density at radius 3 is 1.93 bits per heavy atom. The summed E-state index contributed by atoms with van der Waals surface area (Å²) in [5, 5.41) is 30.6. The maximum atomic E-state index is 11.9. The molecule has 0 atom stereocenters. The number of esters is 2. The van der Waals surface area contributed by atoms with Gasteiger partial charge in [-0.3, -0.25) is 25.0 Å². The maximum Gasteiger partial charge on any atom is 0.423 e. The van der Waals surface area contributed by atoms with Crippen molar-refractivity contribution in [2.75, 3.05) is 0 Å². The number of non-ortho nitro benzene ring substituents is 2. The number of ether oxygens (including phenoxy) is 2. The van der Waals surface area contributed by atoms with Crippen molar-refractivity contribution in [2.45, 2.75) is 6.61 Å². The van der Waals surface area contributed by atoms with Crippen LogP contribution in [-0.4, -0.2) is 33.2 Å². The average Bonchev–Trinajstić information content (AvgIpc) is 2.67. The van der Waals surface area contributed by atoms with Gasteiger partial charge >= 0.3 is 11.9 Å². The fourth-order valence-corrected chi connectivity index (χ4v) is 2.02. The number of hydrogen-bond acceptors (Lipinski definition) is 10. The lowest BCUT2D eigenvalue weighted by Gasteiger charge is -2.09. The van der Waals surface area contributed by atoms with E-state index in [1.807, 2.05) is 0 Å². The lowest BCUT2D eigenvalue weighted by molar-refractivity contribution is -0.385. The second kappa shape index (κ2) is 8.46. The standard InChI is InChI=1S/C16H10N2O10/c19-7-9-5-11(17(23)24)1-3-13(9)27-15(21)16(22)28-14-4-2-12(18(25)26)6-10(14)8-20/h1-7,20H,8H2. The highest BCUT2D eigenvalue weighted by atomic mass is 16.6. The molecule has 28 heavy (non-hydrogen) atoms. The van der Waals surface area contributed by atoms with Crippen LogP contribution >= 0.6 is 0 Å². The Hall–Kier alpha value is -4.19. The van der Waals surface area contributed by atoms with Crippen molar-refractivity contribution < 1.29 is 38.8 Å². The zero-order chi connectivity index (χ0) is 20.8. The minimum absolute atomic E-state index is 0.126. The molecule has 2 aromatic rings. The fraction of sp³-hybridized carbons (Fsp3) is 0.0625. The summed E-state index contributed by atoms with van der Waals surface area (Å²) in [4.78, 5) is 54.6. The van der Waals surface area contributed by atoms with Crippen molar-refractivity contribution in [1.29, 1.82) is 0 Å². The molecule has 12 nitrogen and oxygen atoms in total. The van der Waals surface area contributed by atoms with E-state index in [1.54, 1.807) is 0 Å². The molecular formula is C16H10N2O10. The first-order valence-corrected chi connectivity index (χ1v) is 7.32. The Balaban J connectivity index is 2.18. The molecule has 0 radical (unpaired) electrons. The molecule has 0 aliphatic heterocycles. The van der Waals surface area contributed by atoms with E-state index in [2.05, 4.69) is 0 Å². The van der Waals surface area contributed by atoms with Crippen molar-refractivity contribution in [2.24, 2.45) is 0 Å². The monoisotopic (exact) mass is 390 g/mol. The van der Waals surface area contributed by atoms with Crippen LogP contribution in [0.4, 0.5) is 11.4 Å². The van der Waals surface area contributed by atoms with Crippen molar-refractivity contribution >= 4 is 29.6 Å². The molecule has 0 unspecified atom stereocenters. The zero-order valence-electron chi connectivity index (χ0n) is 13.8. The SMILES string of the molecule is O=Cc1cc([N+](=O)[O-])ccc1OC(=O)C(=O)Oc1ccc([N+](=O)[O-])cc1CO. The van der Waals surface area contributed by atoms with E-state index in [0.717, 1.165) is 36.4 Å². The molecule has 0 fully saturated rings. The molecule has 12 heteroatoms. The quantitative estimate of drug-likeness (QED) is 0.189. The predicted octanol–water partition coefficient (Wildman–Crippen LogP) is 1.32. The molecule has 0 spiro atoms. The van der Waals surface area contributed by atoms with Gasteiger partial charge in [-0.05, 0) is 12.1 Å². The average molecular weight is 390 g/mol. The first-order chi connectivity index (χ1) is 13.3. The zero-order valence-corrected chi connectivity index (χ0v) is 13.8. The van der Waals surface area contributed by atoms with Crippen LogP contribution in [0.3, 0.4) is 0 Å². The summed E-state index contributed by atoms with van der Waals surface area (Å²) in [5.41, 5.74) is -1.27. The highest BCUT2D eigenvalue weighted by molar-refractivity contribution is 6.31. The highest BCUT2D eigenvalue weighted by Gasteiger charge is 2.23. The van der Waals surface area contributed by atoms with Crippen molar-refractivity contribution in [3.8, 4) is 11.5 Å². The number of carbonyl (C=O) groups excluding carboxylic acids is 3. The van der Waals surface area contributed by atoms with Gasteiger partial charge in [-0.15, -0.1) is 0 Å². The van der Waals surface area contributed by atoms with Crippen LogP contribution in [0.1, 0.15) is 15.9 Å². The Kier molecular flexibility index (Phi) is 6.08. The van der Waals surface area contributed by atoms with Crippen molar-refractivity contribution in [3.63, 3.8) is 0 Å². The molecule has 0 heterocycles. The van der Waals surface area contributed by atoms with Gasteiger partial charge in [0.25, 0.3) is 11.4 Å². The van der Waals surface area contributed by atoms with Gasteiger partial charge in [0.2, 0.25) is 0 Å². The topological polar surface area (TPSA) is 176 Å². The summed E-state index contributed by atoms with van der Waals surface area (Å²) in [6.45, 7) is -0.711. The second-order valence-corrected chi connectivity index (χ2v) is 5.08. The van der Waals surface area contributed by atoms with Crippen LogP contribution in [0.15, 0.2) is 36.4 Å². The predicted molar refractivity (Wildman–Crippen MR) is 88.8 cm³/mol. The summed E-state index contributed by atoms with van der Waals surface area (Å²) in [6.07, 6.45) is 0.196. The number of rotatable bonds is 6. The van der Waals surface area contributed by atoms with Gasteiger partial charge in [-0.2, -0.15) is 0 Å². The number of aliphatic hydroxyl groups is 1. The molecule has 0 saturated carbocycles. The summed E-state index contributed by atoms with van der Waals surface area (Å²) >= 11 is 0. The number of carbonyl (C=O) groups is 3. The number of nitro benzene ring substituents is 2. The normalized spacial score (nSPS) is 10.0. The van der Waals surface area contributed by atoms with Gasteiger partial charge < -0.3 is 14.6 Å². The van der Waals surface area contributed by atoms with Crippen LogP contribution in [0.25, 0.3) is 0 Å². The Morgan fingerprint density at radius 2 is 1.43 bits per heavy atom. The molecule has 0 aliphatic rings. The van der Waals surface area contributed by atoms with Gasteiger partial charge in [-0.1, -0.05) is 0 Å². The summed E-state index contributed by atoms with van der Waals surface area (Å²) in [7, 11) is 0. The molecule has 2 rings (SSSR count). The Labute approximate surface area is 155 Å². The van der Waals surface area contributed by atoms with E-state index in [4.69, 9.17) is 9.47 Å². The molecular weight excluding hydrogens is 380 g/mol. The second-order valence-electron chi connectivity index (χ2n) is 5.08. The fourth-order valence-electron chi connectivity index (χ4n) is 2.02. The van der Waals surface area contributed by atoms with E-state index in [0.29, 0.717) is 0 Å². The number of aldehydes is 1. The van der Waals surface area contributed by atoms with Crippen LogP contribution in [0, 0.1) is 20.2 Å². The lowest BCUT2D eigenvalue weighted by Crippen LogP contribution is -2.26. The van der Waals surface area contributed by atoms with Crippen molar-refractivity contribution in [1.82, 2.24) is 0 Å². The number of benzene rings is 2. The van der Waals surface area contributed by atoms with Crippen LogP contribution in [-0.2, 0) is 16.2 Å². The Morgan fingerprint density at radius 1 is 0.929 bits per heavy atom.